The lowest BCUT2D eigenvalue weighted by Gasteiger charge is -2.24. The average Bonchev–Trinajstić information content (AvgIpc) is 2.24. The van der Waals surface area contributed by atoms with Crippen molar-refractivity contribution in [2.75, 3.05) is 0 Å². The Morgan fingerprint density at radius 1 is 1.33 bits per heavy atom. The Balaban J connectivity index is 2.88. The molecule has 0 saturated heterocycles. The van der Waals surface area contributed by atoms with Crippen LogP contribution in [0.2, 0.25) is 0 Å². The maximum atomic E-state index is 12.2. The van der Waals surface area contributed by atoms with E-state index < -0.39 is 21.5 Å². The van der Waals surface area contributed by atoms with Crippen LogP contribution in [0.15, 0.2) is 24.3 Å². The van der Waals surface area contributed by atoms with Gasteiger partial charge in [-0.1, -0.05) is 30.4 Å². The number of nitrogens with one attached hydrogen (secondary N) is 1. The fraction of sp³-hybridized carbons (Fsp3) is 0.385. The third kappa shape index (κ3) is 6.19. The first-order valence-electron chi connectivity index (χ1n) is 6.19. The van der Waals surface area contributed by atoms with E-state index in [9.17, 15) is 13.2 Å². The van der Waals surface area contributed by atoms with Crippen molar-refractivity contribution in [2.45, 2.75) is 31.6 Å². The predicted molar refractivity (Wildman–Crippen MR) is 86.0 cm³/mol. The maximum Gasteiger partial charge on any atom is 0.219 e. The molecular formula is C13H19N3O3S2. The topological polar surface area (TPSA) is 115 Å². The van der Waals surface area contributed by atoms with Crippen LogP contribution < -0.4 is 16.2 Å². The summed E-state index contributed by atoms with van der Waals surface area (Å²) in [7, 11) is -3.62. The third-order valence-corrected chi connectivity index (χ3v) is 4.43. The zero-order valence-electron chi connectivity index (χ0n) is 11.9. The molecular weight excluding hydrogens is 310 g/mol. The highest BCUT2D eigenvalue weighted by molar-refractivity contribution is 7.88. The Kier molecular flexibility index (Phi) is 5.43. The Bertz CT molecular complexity index is 654. The Morgan fingerprint density at radius 2 is 1.95 bits per heavy atom. The van der Waals surface area contributed by atoms with E-state index in [-0.39, 0.29) is 17.2 Å². The minimum Gasteiger partial charge on any atom is -0.389 e. The zero-order valence-corrected chi connectivity index (χ0v) is 13.6. The number of carbonyl (C=O) groups excluding carboxylic acids is 1. The molecule has 6 nitrogen and oxygen atoms in total. The van der Waals surface area contributed by atoms with Crippen LogP contribution in [-0.4, -0.2) is 24.9 Å². The van der Waals surface area contributed by atoms with Crippen molar-refractivity contribution in [3.05, 3.63) is 35.4 Å². The van der Waals surface area contributed by atoms with Gasteiger partial charge < -0.3 is 11.5 Å². The van der Waals surface area contributed by atoms with Crippen molar-refractivity contribution in [1.29, 1.82) is 0 Å². The lowest BCUT2D eigenvalue weighted by atomic mass is 10.0. The van der Waals surface area contributed by atoms with Crippen molar-refractivity contribution in [3.63, 3.8) is 0 Å². The molecule has 0 aliphatic heterocycles. The number of rotatable bonds is 7. The van der Waals surface area contributed by atoms with Gasteiger partial charge in [-0.2, -0.15) is 0 Å². The molecule has 0 fully saturated rings. The minimum absolute atomic E-state index is 0.0842. The molecule has 0 spiro atoms. The van der Waals surface area contributed by atoms with Gasteiger partial charge in [0.1, 0.15) is 4.99 Å². The first-order chi connectivity index (χ1) is 9.51. The normalized spacial score (nSPS) is 12.1. The van der Waals surface area contributed by atoms with Crippen molar-refractivity contribution in [2.24, 2.45) is 11.5 Å². The quantitative estimate of drug-likeness (QED) is 0.626. The molecule has 0 saturated carbocycles. The molecule has 8 heteroatoms. The van der Waals surface area contributed by atoms with E-state index in [4.69, 9.17) is 23.7 Å². The maximum absolute atomic E-state index is 12.2. The molecule has 116 valence electrons. The highest BCUT2D eigenvalue weighted by Crippen LogP contribution is 2.14. The molecule has 5 N–H and O–H groups in total. The number of hydrogen-bond donors (Lipinski definition) is 3. The minimum atomic E-state index is -3.62. The largest absolute Gasteiger partial charge is 0.389 e. The molecule has 0 aliphatic carbocycles. The molecule has 0 heterocycles. The molecule has 0 aliphatic rings. The number of nitrogens with two attached hydrogens (primary N) is 2. The molecule has 0 aromatic heterocycles. The summed E-state index contributed by atoms with van der Waals surface area (Å²) in [6, 6.07) is 6.70. The monoisotopic (exact) mass is 329 g/mol. The molecule has 21 heavy (non-hydrogen) atoms. The summed E-state index contributed by atoms with van der Waals surface area (Å²) in [6.07, 6.45) is -0.0842. The van der Waals surface area contributed by atoms with Gasteiger partial charge in [-0.25, -0.2) is 13.1 Å². The van der Waals surface area contributed by atoms with Crippen LogP contribution in [0, 0.1) is 0 Å². The Morgan fingerprint density at radius 3 is 2.48 bits per heavy atom. The Labute approximate surface area is 129 Å². The zero-order chi connectivity index (χ0) is 16.3. The molecule has 0 atom stereocenters. The number of hydrogen-bond acceptors (Lipinski definition) is 4. The van der Waals surface area contributed by atoms with E-state index in [2.05, 4.69) is 4.72 Å². The average molecular weight is 329 g/mol. The standard InChI is InChI=1S/C13H19N3O3S2/c1-13(2,7-11(14)17)16-21(18,19)8-9-4-3-5-10(6-9)12(15)20/h3-6,16H,7-8H2,1-2H3,(H2,14,17)(H2,15,20). The number of sulfonamides is 1. The second-order valence-corrected chi connectivity index (χ2v) is 7.61. The van der Waals surface area contributed by atoms with Crippen molar-refractivity contribution in [1.82, 2.24) is 4.72 Å². The van der Waals surface area contributed by atoms with Gasteiger partial charge in [-0.15, -0.1) is 0 Å². The predicted octanol–water partition coefficient (Wildman–Crippen LogP) is 0.394. The third-order valence-electron chi connectivity index (χ3n) is 2.62. The molecule has 1 amide bonds. The highest BCUT2D eigenvalue weighted by atomic mass is 32.2. The summed E-state index contributed by atoms with van der Waals surface area (Å²) in [5.41, 5.74) is 10.8. The molecule has 1 rings (SSSR count). The smallest absolute Gasteiger partial charge is 0.219 e. The number of amides is 1. The van der Waals surface area contributed by atoms with Crippen molar-refractivity contribution >= 4 is 33.1 Å². The van der Waals surface area contributed by atoms with Gasteiger partial charge in [0, 0.05) is 17.5 Å². The van der Waals surface area contributed by atoms with Crippen LogP contribution in [-0.2, 0) is 20.6 Å². The Hall–Kier alpha value is -1.51. The van der Waals surface area contributed by atoms with E-state index in [1.54, 1.807) is 38.1 Å². The first kappa shape index (κ1) is 17.5. The van der Waals surface area contributed by atoms with Gasteiger partial charge in [-0.3, -0.25) is 4.79 Å². The lowest BCUT2D eigenvalue weighted by Crippen LogP contribution is -2.46. The van der Waals surface area contributed by atoms with Gasteiger partial charge in [-0.05, 0) is 25.5 Å². The van der Waals surface area contributed by atoms with E-state index in [0.29, 0.717) is 11.1 Å². The van der Waals surface area contributed by atoms with E-state index in [0.717, 1.165) is 0 Å². The molecule has 0 radical (unpaired) electrons. The second-order valence-electron chi connectivity index (χ2n) is 5.45. The van der Waals surface area contributed by atoms with Crippen molar-refractivity contribution < 1.29 is 13.2 Å². The van der Waals surface area contributed by atoms with Crippen LogP contribution in [0.3, 0.4) is 0 Å². The molecule has 0 unspecified atom stereocenters. The van der Waals surface area contributed by atoms with E-state index >= 15 is 0 Å². The first-order valence-corrected chi connectivity index (χ1v) is 8.25. The van der Waals surface area contributed by atoms with Gasteiger partial charge in [0.15, 0.2) is 0 Å². The van der Waals surface area contributed by atoms with Crippen molar-refractivity contribution in [3.8, 4) is 0 Å². The number of carbonyl (C=O) groups is 1. The summed E-state index contributed by atoms with van der Waals surface area (Å²) >= 11 is 4.86. The van der Waals surface area contributed by atoms with Gasteiger partial charge in [0.2, 0.25) is 15.9 Å². The van der Waals surface area contributed by atoms with E-state index in [1.165, 1.54) is 0 Å². The highest BCUT2D eigenvalue weighted by Gasteiger charge is 2.26. The number of thiocarbonyl (C=S) groups is 1. The SMILES string of the molecule is CC(C)(CC(N)=O)NS(=O)(=O)Cc1cccc(C(N)=S)c1. The summed E-state index contributed by atoms with van der Waals surface area (Å²) in [5, 5.41) is 0. The summed E-state index contributed by atoms with van der Waals surface area (Å²) < 4.78 is 26.8. The fourth-order valence-corrected chi connectivity index (χ4v) is 3.69. The molecule has 0 bridgehead atoms. The van der Waals surface area contributed by atoms with Gasteiger partial charge in [0.25, 0.3) is 0 Å². The fourth-order valence-electron chi connectivity index (χ4n) is 1.96. The van der Waals surface area contributed by atoms with Gasteiger partial charge >= 0.3 is 0 Å². The summed E-state index contributed by atoms with van der Waals surface area (Å²) in [4.78, 5) is 11.1. The number of benzene rings is 1. The van der Waals surface area contributed by atoms with Crippen LogP contribution in [0.25, 0.3) is 0 Å². The summed E-state index contributed by atoms with van der Waals surface area (Å²) in [6.45, 7) is 3.20. The number of primary amides is 1. The molecule has 1 aromatic rings. The molecule has 1 aromatic carbocycles. The van der Waals surface area contributed by atoms with Gasteiger partial charge in [0.05, 0.1) is 5.75 Å². The van der Waals surface area contributed by atoms with Crippen LogP contribution >= 0.6 is 12.2 Å². The summed E-state index contributed by atoms with van der Waals surface area (Å²) in [5.74, 6) is -0.802. The van der Waals surface area contributed by atoms with Crippen LogP contribution in [0.1, 0.15) is 31.4 Å². The van der Waals surface area contributed by atoms with E-state index in [1.807, 2.05) is 0 Å². The lowest BCUT2D eigenvalue weighted by molar-refractivity contribution is -0.119. The van der Waals surface area contributed by atoms with Crippen LogP contribution in [0.4, 0.5) is 0 Å². The second kappa shape index (κ2) is 6.50. The van der Waals surface area contributed by atoms with Crippen LogP contribution in [0.5, 0.6) is 0 Å².